The Morgan fingerprint density at radius 2 is 2.24 bits per heavy atom. The number of thiophene rings is 1. The Balaban J connectivity index is 2.55. The molecule has 0 fully saturated rings. The van der Waals surface area contributed by atoms with E-state index in [4.69, 9.17) is 0 Å². The van der Waals surface area contributed by atoms with Crippen molar-refractivity contribution < 1.29 is 4.79 Å². The lowest BCUT2D eigenvalue weighted by molar-refractivity contribution is -0.124. The van der Waals surface area contributed by atoms with Crippen molar-refractivity contribution in [3.8, 4) is 0 Å². The topological polar surface area (TPSA) is 32.3 Å². The van der Waals surface area contributed by atoms with Gasteiger partial charge in [-0.25, -0.2) is 0 Å². The third-order valence-electron chi connectivity index (χ3n) is 3.08. The van der Waals surface area contributed by atoms with E-state index in [9.17, 15) is 4.79 Å². The summed E-state index contributed by atoms with van der Waals surface area (Å²) < 4.78 is 0. The monoisotopic (exact) mass is 254 g/mol. The molecule has 1 heterocycles. The van der Waals surface area contributed by atoms with Gasteiger partial charge in [-0.15, -0.1) is 0 Å². The van der Waals surface area contributed by atoms with Crippen LogP contribution in [0.5, 0.6) is 0 Å². The van der Waals surface area contributed by atoms with Crippen LogP contribution in [0.1, 0.15) is 31.9 Å². The summed E-state index contributed by atoms with van der Waals surface area (Å²) in [7, 11) is 4.08. The van der Waals surface area contributed by atoms with E-state index in [0.717, 1.165) is 6.42 Å². The van der Waals surface area contributed by atoms with Crippen LogP contribution in [0, 0.1) is 5.92 Å². The van der Waals surface area contributed by atoms with Gasteiger partial charge in [0.25, 0.3) is 0 Å². The van der Waals surface area contributed by atoms with Crippen molar-refractivity contribution >= 4 is 17.2 Å². The molecule has 0 radical (unpaired) electrons. The van der Waals surface area contributed by atoms with Gasteiger partial charge in [0.2, 0.25) is 5.91 Å². The van der Waals surface area contributed by atoms with E-state index in [2.05, 4.69) is 27.0 Å². The molecule has 1 amide bonds. The summed E-state index contributed by atoms with van der Waals surface area (Å²) in [6.45, 7) is 4.67. The van der Waals surface area contributed by atoms with Gasteiger partial charge in [0, 0.05) is 12.5 Å². The minimum Gasteiger partial charge on any atom is -0.354 e. The van der Waals surface area contributed by atoms with Gasteiger partial charge in [-0.3, -0.25) is 4.79 Å². The van der Waals surface area contributed by atoms with Crippen molar-refractivity contribution in [1.29, 1.82) is 0 Å². The predicted molar refractivity (Wildman–Crippen MR) is 73.2 cm³/mol. The van der Waals surface area contributed by atoms with Crippen molar-refractivity contribution in [2.45, 2.75) is 26.3 Å². The van der Waals surface area contributed by atoms with Gasteiger partial charge in [-0.2, -0.15) is 11.3 Å². The van der Waals surface area contributed by atoms with E-state index < -0.39 is 0 Å². The number of carbonyl (C=O) groups is 1. The summed E-state index contributed by atoms with van der Waals surface area (Å²) in [5, 5.41) is 7.24. The molecule has 4 heteroatoms. The first-order chi connectivity index (χ1) is 8.06. The number of hydrogen-bond acceptors (Lipinski definition) is 3. The number of nitrogens with zero attached hydrogens (tertiary/aromatic N) is 1. The normalized spacial score (nSPS) is 14.6. The van der Waals surface area contributed by atoms with Crippen LogP contribution >= 0.6 is 11.3 Å². The molecule has 0 aromatic carbocycles. The predicted octanol–water partition coefficient (Wildman–Crippen LogP) is 2.51. The number of rotatable bonds is 6. The number of amides is 1. The zero-order valence-electron chi connectivity index (χ0n) is 11.1. The number of hydrogen-bond donors (Lipinski definition) is 1. The third kappa shape index (κ3) is 4.13. The number of carbonyl (C=O) groups excluding carboxylic acids is 1. The van der Waals surface area contributed by atoms with Crippen LogP contribution in [0.25, 0.3) is 0 Å². The van der Waals surface area contributed by atoms with Crippen LogP contribution in [0.15, 0.2) is 16.8 Å². The lowest BCUT2D eigenvalue weighted by atomic mass is 10.1. The molecule has 0 saturated heterocycles. The molecule has 0 spiro atoms. The lowest BCUT2D eigenvalue weighted by Gasteiger charge is -2.24. The highest BCUT2D eigenvalue weighted by atomic mass is 32.1. The summed E-state index contributed by atoms with van der Waals surface area (Å²) in [4.78, 5) is 13.9. The van der Waals surface area contributed by atoms with Gasteiger partial charge in [-0.05, 0) is 42.9 Å². The molecule has 0 aliphatic rings. The first-order valence-corrected chi connectivity index (χ1v) is 6.96. The molecular formula is C13H22N2OS. The largest absolute Gasteiger partial charge is 0.354 e. The van der Waals surface area contributed by atoms with Crippen LogP contribution in [0.4, 0.5) is 0 Å². The molecule has 96 valence electrons. The maximum absolute atomic E-state index is 11.7. The second-order valence-electron chi connectivity index (χ2n) is 4.59. The Bertz CT molecular complexity index is 335. The minimum absolute atomic E-state index is 0.0975. The molecule has 0 unspecified atom stereocenters. The van der Waals surface area contributed by atoms with Crippen LogP contribution in [-0.4, -0.2) is 31.4 Å². The SMILES string of the molecule is CC[C@H](C)C(=O)NC[C@H](c1ccsc1)N(C)C. The standard InChI is InChI=1S/C13H22N2OS/c1-5-10(2)13(16)14-8-12(15(3)4)11-6-7-17-9-11/h6-7,9-10,12H,5,8H2,1-4H3,(H,14,16)/t10-,12+/m0/s1. The van der Waals surface area contributed by atoms with E-state index in [1.807, 2.05) is 27.9 Å². The summed E-state index contributed by atoms with van der Waals surface area (Å²) in [5.74, 6) is 0.245. The van der Waals surface area contributed by atoms with Gasteiger partial charge in [0.05, 0.1) is 6.04 Å². The maximum atomic E-state index is 11.7. The van der Waals surface area contributed by atoms with Gasteiger partial charge in [0.1, 0.15) is 0 Å². The van der Waals surface area contributed by atoms with Crippen LogP contribution < -0.4 is 5.32 Å². The van der Waals surface area contributed by atoms with Gasteiger partial charge in [-0.1, -0.05) is 13.8 Å². The van der Waals surface area contributed by atoms with Crippen molar-refractivity contribution in [1.82, 2.24) is 10.2 Å². The Kier molecular flexibility index (Phi) is 5.65. The van der Waals surface area contributed by atoms with E-state index in [-0.39, 0.29) is 17.9 Å². The third-order valence-corrected chi connectivity index (χ3v) is 3.78. The van der Waals surface area contributed by atoms with E-state index >= 15 is 0 Å². The highest BCUT2D eigenvalue weighted by Crippen LogP contribution is 2.20. The number of nitrogens with one attached hydrogen (secondary N) is 1. The van der Waals surface area contributed by atoms with Crippen LogP contribution in [0.2, 0.25) is 0 Å². The Hall–Kier alpha value is -0.870. The highest BCUT2D eigenvalue weighted by molar-refractivity contribution is 7.07. The van der Waals surface area contributed by atoms with E-state index in [1.165, 1.54) is 5.56 Å². The summed E-state index contributed by atoms with van der Waals surface area (Å²) >= 11 is 1.69. The molecule has 1 aromatic heterocycles. The maximum Gasteiger partial charge on any atom is 0.222 e. The molecule has 0 aliphatic heterocycles. The molecule has 1 aromatic rings. The zero-order valence-corrected chi connectivity index (χ0v) is 11.9. The average molecular weight is 254 g/mol. The van der Waals surface area contributed by atoms with Crippen molar-refractivity contribution in [2.24, 2.45) is 5.92 Å². The summed E-state index contributed by atoms with van der Waals surface area (Å²) in [6.07, 6.45) is 0.886. The second kappa shape index (κ2) is 6.77. The molecule has 17 heavy (non-hydrogen) atoms. The molecule has 1 rings (SSSR count). The molecule has 3 nitrogen and oxygen atoms in total. The second-order valence-corrected chi connectivity index (χ2v) is 5.37. The Labute approximate surface area is 108 Å². The van der Waals surface area contributed by atoms with Gasteiger partial charge < -0.3 is 10.2 Å². The summed E-state index contributed by atoms with van der Waals surface area (Å²) in [5.41, 5.74) is 1.27. The van der Waals surface area contributed by atoms with E-state index in [1.54, 1.807) is 11.3 Å². The molecule has 0 aliphatic carbocycles. The molecule has 0 bridgehead atoms. The van der Waals surface area contributed by atoms with Crippen LogP contribution in [-0.2, 0) is 4.79 Å². The first kappa shape index (κ1) is 14.2. The highest BCUT2D eigenvalue weighted by Gasteiger charge is 2.17. The quantitative estimate of drug-likeness (QED) is 0.846. The molecule has 2 atom stereocenters. The fourth-order valence-corrected chi connectivity index (χ4v) is 2.33. The summed E-state index contributed by atoms with van der Waals surface area (Å²) in [6, 6.07) is 2.37. The van der Waals surface area contributed by atoms with Gasteiger partial charge >= 0.3 is 0 Å². The van der Waals surface area contributed by atoms with Crippen molar-refractivity contribution in [2.75, 3.05) is 20.6 Å². The van der Waals surface area contributed by atoms with Crippen molar-refractivity contribution in [3.63, 3.8) is 0 Å². The minimum atomic E-state index is 0.0975. The van der Waals surface area contributed by atoms with Gasteiger partial charge in [0.15, 0.2) is 0 Å². The fraction of sp³-hybridized carbons (Fsp3) is 0.615. The fourth-order valence-electron chi connectivity index (χ4n) is 1.62. The average Bonchev–Trinajstić information content (AvgIpc) is 2.81. The molecular weight excluding hydrogens is 232 g/mol. The zero-order chi connectivity index (χ0) is 12.8. The Morgan fingerprint density at radius 1 is 1.53 bits per heavy atom. The smallest absolute Gasteiger partial charge is 0.222 e. The first-order valence-electron chi connectivity index (χ1n) is 6.02. The lowest BCUT2D eigenvalue weighted by Crippen LogP contribution is -2.36. The van der Waals surface area contributed by atoms with Crippen LogP contribution in [0.3, 0.4) is 0 Å². The number of likely N-dealkylation sites (N-methyl/N-ethyl adjacent to an activating group) is 1. The van der Waals surface area contributed by atoms with E-state index in [0.29, 0.717) is 6.54 Å². The Morgan fingerprint density at radius 3 is 2.71 bits per heavy atom. The molecule has 0 saturated carbocycles. The molecule has 1 N–H and O–H groups in total. The van der Waals surface area contributed by atoms with Crippen molar-refractivity contribution in [3.05, 3.63) is 22.4 Å².